The molecule has 0 radical (unpaired) electrons. The first kappa shape index (κ1) is 19.4. The molecule has 0 N–H and O–H groups in total. The van der Waals surface area contributed by atoms with Gasteiger partial charge in [-0.15, -0.1) is 5.10 Å². The first-order valence-corrected chi connectivity index (χ1v) is 10.1. The van der Waals surface area contributed by atoms with E-state index in [1.54, 1.807) is 6.33 Å². The summed E-state index contributed by atoms with van der Waals surface area (Å²) in [5.74, 6) is 0.281. The van der Waals surface area contributed by atoms with Gasteiger partial charge in [0.1, 0.15) is 23.6 Å². The summed E-state index contributed by atoms with van der Waals surface area (Å²) in [5, 5.41) is 12.3. The molecule has 5 rings (SSSR count). The van der Waals surface area contributed by atoms with Crippen LogP contribution in [0.3, 0.4) is 0 Å². The third kappa shape index (κ3) is 3.56. The van der Waals surface area contributed by atoms with Crippen LogP contribution < -0.4 is 4.84 Å². The highest BCUT2D eigenvalue weighted by atomic mass is 16.7. The van der Waals surface area contributed by atoms with Crippen molar-refractivity contribution in [3.63, 3.8) is 0 Å². The molecular weight excluding hydrogens is 400 g/mol. The first-order chi connectivity index (χ1) is 15.1. The molecule has 1 fully saturated rings. The lowest BCUT2D eigenvalue weighted by atomic mass is 10.1. The number of aromatic nitrogens is 7. The van der Waals surface area contributed by atoms with E-state index in [4.69, 9.17) is 14.4 Å². The number of benzene rings is 1. The van der Waals surface area contributed by atoms with Gasteiger partial charge in [0.15, 0.2) is 17.3 Å². The zero-order valence-electron chi connectivity index (χ0n) is 17.4. The lowest BCUT2D eigenvalue weighted by molar-refractivity contribution is -0.0375. The summed E-state index contributed by atoms with van der Waals surface area (Å²) < 4.78 is 8.08. The van der Waals surface area contributed by atoms with Gasteiger partial charge in [-0.2, -0.15) is 4.98 Å². The number of hydrogen-bond donors (Lipinski definition) is 0. The number of hydrogen-bond acceptors (Lipinski definition) is 9. The summed E-state index contributed by atoms with van der Waals surface area (Å²) in [5.41, 5.74) is 3.42. The largest absolute Gasteiger partial charge is 0.390 e. The molecule has 1 saturated heterocycles. The maximum Gasteiger partial charge on any atom is 0.280 e. The molecule has 0 spiro atoms. The molecule has 11 heteroatoms. The molecule has 3 aromatic heterocycles. The minimum absolute atomic E-state index is 0.0652. The van der Waals surface area contributed by atoms with Gasteiger partial charge < -0.3 is 14.4 Å². The van der Waals surface area contributed by atoms with E-state index in [0.29, 0.717) is 17.6 Å². The van der Waals surface area contributed by atoms with Crippen molar-refractivity contribution in [3.05, 3.63) is 36.9 Å². The van der Waals surface area contributed by atoms with Gasteiger partial charge in [-0.05, 0) is 37.6 Å². The van der Waals surface area contributed by atoms with Gasteiger partial charge in [0.2, 0.25) is 0 Å². The van der Waals surface area contributed by atoms with Crippen molar-refractivity contribution in [3.8, 4) is 5.88 Å². The Balaban J connectivity index is 1.44. The number of para-hydroxylation sites is 1. The van der Waals surface area contributed by atoms with Crippen molar-refractivity contribution in [2.24, 2.45) is 5.16 Å². The van der Waals surface area contributed by atoms with E-state index in [2.05, 4.69) is 37.3 Å². The van der Waals surface area contributed by atoms with Crippen LogP contribution in [0.25, 0.3) is 22.2 Å². The Morgan fingerprint density at radius 2 is 2.10 bits per heavy atom. The zero-order valence-corrected chi connectivity index (χ0v) is 17.4. The second-order valence-corrected chi connectivity index (χ2v) is 7.50. The van der Waals surface area contributed by atoms with Crippen molar-refractivity contribution in [2.45, 2.75) is 52.0 Å². The third-order valence-corrected chi connectivity index (χ3v) is 5.08. The normalized spacial score (nSPS) is 20.9. The van der Waals surface area contributed by atoms with Gasteiger partial charge in [-0.3, -0.25) is 4.57 Å². The summed E-state index contributed by atoms with van der Waals surface area (Å²) in [6, 6.07) is 7.50. The van der Waals surface area contributed by atoms with Crippen LogP contribution in [0, 0.1) is 0 Å². The molecule has 4 aromatic rings. The fraction of sp³-hybridized carbons (Fsp3) is 0.400. The molecule has 0 aliphatic carbocycles. The Morgan fingerprint density at radius 1 is 1.23 bits per heavy atom. The molecule has 1 unspecified atom stereocenters. The van der Waals surface area contributed by atoms with Crippen LogP contribution in [0.15, 0.2) is 42.1 Å². The smallest absolute Gasteiger partial charge is 0.280 e. The van der Waals surface area contributed by atoms with Crippen LogP contribution in [0.4, 0.5) is 0 Å². The molecule has 160 valence electrons. The number of nitrogens with zero attached hydrogens (tertiary/aromatic N) is 8. The van der Waals surface area contributed by atoms with Crippen LogP contribution in [0.1, 0.15) is 39.8 Å². The number of fused-ring (bicyclic) bond motifs is 2. The fourth-order valence-corrected chi connectivity index (χ4v) is 3.62. The Bertz CT molecular complexity index is 1250. The number of imidazole rings is 1. The van der Waals surface area contributed by atoms with Gasteiger partial charge in [0.25, 0.3) is 5.88 Å². The van der Waals surface area contributed by atoms with Gasteiger partial charge in [0.05, 0.1) is 18.1 Å². The average Bonchev–Trinajstić information content (AvgIpc) is 3.49. The van der Waals surface area contributed by atoms with Crippen LogP contribution in [0.2, 0.25) is 0 Å². The van der Waals surface area contributed by atoms with Gasteiger partial charge >= 0.3 is 0 Å². The van der Waals surface area contributed by atoms with Crippen LogP contribution in [0.5, 0.6) is 5.88 Å². The zero-order chi connectivity index (χ0) is 21.4. The van der Waals surface area contributed by atoms with E-state index >= 15 is 0 Å². The second-order valence-electron chi connectivity index (χ2n) is 7.50. The minimum atomic E-state index is -0.276. The molecular formula is C20H22N8O3. The second kappa shape index (κ2) is 7.91. The van der Waals surface area contributed by atoms with Crippen LogP contribution in [-0.2, 0) is 9.57 Å². The van der Waals surface area contributed by atoms with Gasteiger partial charge in [0, 0.05) is 6.42 Å². The van der Waals surface area contributed by atoms with Crippen molar-refractivity contribution >= 4 is 27.9 Å². The molecule has 1 aromatic carbocycles. The minimum Gasteiger partial charge on any atom is -0.390 e. The highest BCUT2D eigenvalue weighted by molar-refractivity contribution is 5.78. The molecule has 1 aliphatic rings. The molecule has 0 saturated carbocycles. The highest BCUT2D eigenvalue weighted by Crippen LogP contribution is 2.35. The van der Waals surface area contributed by atoms with Crippen molar-refractivity contribution < 1.29 is 14.4 Å². The standard InChI is InChI=1S/C20H22N8O3/c1-4-15-16(30-25-12(2)3)9-17(29-15)27-11-23-18-19(27)21-10-22-20(18)31-28-14-8-6-5-7-13(14)24-26-28/h5-8,10-11,15-17H,4,9H2,1-3H3/t15-,16?,17-/m1/s1. The number of oxime groups is 1. The summed E-state index contributed by atoms with van der Waals surface area (Å²) in [7, 11) is 0. The fourth-order valence-electron chi connectivity index (χ4n) is 3.62. The topological polar surface area (TPSA) is 114 Å². The summed E-state index contributed by atoms with van der Waals surface area (Å²) >= 11 is 0. The van der Waals surface area contributed by atoms with Crippen LogP contribution >= 0.6 is 0 Å². The Kier molecular flexibility index (Phi) is 4.94. The number of rotatable bonds is 6. The molecule has 31 heavy (non-hydrogen) atoms. The van der Waals surface area contributed by atoms with Crippen LogP contribution in [-0.4, -0.2) is 52.6 Å². The van der Waals surface area contributed by atoms with Crippen molar-refractivity contribution in [1.29, 1.82) is 0 Å². The average molecular weight is 422 g/mol. The predicted octanol–water partition coefficient (Wildman–Crippen LogP) is 2.89. The predicted molar refractivity (Wildman–Crippen MR) is 111 cm³/mol. The van der Waals surface area contributed by atoms with E-state index < -0.39 is 0 Å². The monoisotopic (exact) mass is 422 g/mol. The highest BCUT2D eigenvalue weighted by Gasteiger charge is 2.38. The quantitative estimate of drug-likeness (QED) is 0.344. The Morgan fingerprint density at radius 3 is 2.94 bits per heavy atom. The summed E-state index contributed by atoms with van der Waals surface area (Å²) in [4.78, 5) is 26.0. The molecule has 0 amide bonds. The number of ether oxygens (including phenoxy) is 1. The van der Waals surface area contributed by atoms with Gasteiger partial charge in [-0.1, -0.05) is 29.1 Å². The summed E-state index contributed by atoms with van der Waals surface area (Å²) in [6.45, 7) is 5.86. The maximum absolute atomic E-state index is 6.21. The molecule has 11 nitrogen and oxygen atoms in total. The molecule has 0 bridgehead atoms. The van der Waals surface area contributed by atoms with E-state index in [-0.39, 0.29) is 24.3 Å². The van der Waals surface area contributed by atoms with E-state index in [9.17, 15) is 0 Å². The first-order valence-electron chi connectivity index (χ1n) is 10.1. The lowest BCUT2D eigenvalue weighted by Crippen LogP contribution is -2.21. The molecule has 1 aliphatic heterocycles. The third-order valence-electron chi connectivity index (χ3n) is 5.08. The van der Waals surface area contributed by atoms with E-state index in [0.717, 1.165) is 23.2 Å². The Labute approximate surface area is 177 Å². The van der Waals surface area contributed by atoms with Gasteiger partial charge in [-0.25, -0.2) is 9.97 Å². The Hall–Kier alpha value is -3.60. The van der Waals surface area contributed by atoms with E-state index in [1.807, 2.05) is 42.7 Å². The maximum atomic E-state index is 6.21. The summed E-state index contributed by atoms with van der Waals surface area (Å²) in [6.07, 6.45) is 4.08. The molecule has 4 heterocycles. The SMILES string of the molecule is CC[C@H]1O[C@@H](n2cnc3c(On4nnc5ccccc54)ncnc32)CC1ON=C(C)C. The van der Waals surface area contributed by atoms with Crippen molar-refractivity contribution in [2.75, 3.05) is 0 Å². The van der Waals surface area contributed by atoms with Crippen molar-refractivity contribution in [1.82, 2.24) is 34.7 Å². The lowest BCUT2D eigenvalue weighted by Gasteiger charge is -2.14. The molecule has 3 atom stereocenters. The van der Waals surface area contributed by atoms with E-state index in [1.165, 1.54) is 11.2 Å².